The maximum atomic E-state index is 13.8. The molecule has 0 aromatic heterocycles. The Hall–Kier alpha value is -1.67. The van der Waals surface area contributed by atoms with Crippen LogP contribution in [-0.2, 0) is 19.6 Å². The normalized spacial score (nSPS) is 11.6. The van der Waals surface area contributed by atoms with Crippen LogP contribution in [0.2, 0.25) is 0 Å². The molecule has 2 N–H and O–H groups in total. The zero-order chi connectivity index (χ0) is 16.0. The molecule has 0 radical (unpaired) electrons. The number of benzene rings is 1. The Morgan fingerprint density at radius 3 is 2.57 bits per heavy atom. The second-order valence-corrected chi connectivity index (χ2v) is 6.24. The Morgan fingerprint density at radius 1 is 1.38 bits per heavy atom. The lowest BCUT2D eigenvalue weighted by Gasteiger charge is -2.21. The molecule has 0 unspecified atom stereocenters. The van der Waals surface area contributed by atoms with E-state index in [1.165, 1.54) is 6.07 Å². The lowest BCUT2D eigenvalue weighted by Crippen LogP contribution is -2.37. The largest absolute Gasteiger partial charge is 0.465 e. The molecule has 0 saturated heterocycles. The van der Waals surface area contributed by atoms with Crippen LogP contribution < -0.4 is 5.73 Å². The van der Waals surface area contributed by atoms with Gasteiger partial charge >= 0.3 is 5.97 Å². The van der Waals surface area contributed by atoms with Crippen molar-refractivity contribution < 1.29 is 22.3 Å². The first-order valence-corrected chi connectivity index (χ1v) is 7.97. The van der Waals surface area contributed by atoms with E-state index in [9.17, 15) is 17.6 Å². The predicted octanol–water partition coefficient (Wildman–Crippen LogP) is 1.37. The summed E-state index contributed by atoms with van der Waals surface area (Å²) in [7, 11) is -4.12. The zero-order valence-corrected chi connectivity index (χ0v) is 12.8. The molecule has 0 saturated carbocycles. The van der Waals surface area contributed by atoms with Crippen LogP contribution in [0.5, 0.6) is 0 Å². The van der Waals surface area contributed by atoms with Gasteiger partial charge in [-0.2, -0.15) is 4.31 Å². The molecule has 0 aliphatic carbocycles. The van der Waals surface area contributed by atoms with Crippen LogP contribution in [0.3, 0.4) is 0 Å². The van der Waals surface area contributed by atoms with Crippen molar-refractivity contribution >= 4 is 21.7 Å². The second kappa shape index (κ2) is 7.37. The highest BCUT2D eigenvalue weighted by Crippen LogP contribution is 2.21. The van der Waals surface area contributed by atoms with E-state index in [1.54, 1.807) is 13.8 Å². The molecule has 0 aliphatic rings. The number of sulfonamides is 1. The van der Waals surface area contributed by atoms with Crippen LogP contribution in [0.15, 0.2) is 23.1 Å². The average molecular weight is 318 g/mol. The fourth-order valence-corrected chi connectivity index (χ4v) is 3.27. The number of nitrogens with two attached hydrogens (primary N) is 1. The van der Waals surface area contributed by atoms with Crippen LogP contribution in [0.25, 0.3) is 0 Å². The van der Waals surface area contributed by atoms with Gasteiger partial charge in [0, 0.05) is 12.2 Å². The molecule has 0 aliphatic heterocycles. The highest BCUT2D eigenvalue weighted by molar-refractivity contribution is 7.89. The van der Waals surface area contributed by atoms with Crippen LogP contribution in [0.1, 0.15) is 20.3 Å². The van der Waals surface area contributed by atoms with Crippen LogP contribution in [-0.4, -0.2) is 38.4 Å². The fourth-order valence-electron chi connectivity index (χ4n) is 1.75. The van der Waals surface area contributed by atoms with Crippen molar-refractivity contribution in [2.75, 3.05) is 25.4 Å². The van der Waals surface area contributed by atoms with Crippen molar-refractivity contribution in [1.82, 2.24) is 4.31 Å². The quantitative estimate of drug-likeness (QED) is 0.606. The summed E-state index contributed by atoms with van der Waals surface area (Å²) in [6, 6.07) is 3.32. The van der Waals surface area contributed by atoms with Crippen molar-refractivity contribution in [3.05, 3.63) is 24.0 Å². The zero-order valence-electron chi connectivity index (χ0n) is 12.0. The van der Waals surface area contributed by atoms with Gasteiger partial charge in [-0.15, -0.1) is 0 Å². The number of anilines is 1. The summed E-state index contributed by atoms with van der Waals surface area (Å²) in [5.74, 6) is -1.62. The summed E-state index contributed by atoms with van der Waals surface area (Å²) in [4.78, 5) is 11.0. The first kappa shape index (κ1) is 17.4. The number of esters is 1. The topological polar surface area (TPSA) is 89.7 Å². The summed E-state index contributed by atoms with van der Waals surface area (Å²) in [6.45, 7) is 3.16. The van der Waals surface area contributed by atoms with E-state index in [2.05, 4.69) is 0 Å². The van der Waals surface area contributed by atoms with Gasteiger partial charge in [0.1, 0.15) is 17.3 Å². The molecule has 1 rings (SSSR count). The predicted molar refractivity (Wildman–Crippen MR) is 76.5 cm³/mol. The smallest absolute Gasteiger partial charge is 0.321 e. The van der Waals surface area contributed by atoms with Gasteiger partial charge in [-0.25, -0.2) is 12.8 Å². The van der Waals surface area contributed by atoms with Gasteiger partial charge in [0.05, 0.1) is 6.61 Å². The Morgan fingerprint density at radius 2 is 2.05 bits per heavy atom. The van der Waals surface area contributed by atoms with E-state index in [0.717, 1.165) is 16.4 Å². The number of hydrogen-bond donors (Lipinski definition) is 1. The van der Waals surface area contributed by atoms with E-state index >= 15 is 0 Å². The third kappa shape index (κ3) is 4.40. The fraction of sp³-hybridized carbons (Fsp3) is 0.462. The molecular formula is C13H19FN2O4S. The Kier molecular flexibility index (Phi) is 6.10. The van der Waals surface area contributed by atoms with Crippen molar-refractivity contribution in [3.8, 4) is 0 Å². The number of rotatable bonds is 7. The third-order valence-electron chi connectivity index (χ3n) is 2.66. The van der Waals surface area contributed by atoms with Gasteiger partial charge in [-0.3, -0.25) is 4.79 Å². The molecule has 0 bridgehead atoms. The monoisotopic (exact) mass is 318 g/mol. The van der Waals surface area contributed by atoms with Gasteiger partial charge in [0.25, 0.3) is 0 Å². The first-order chi connectivity index (χ1) is 9.82. The molecule has 6 nitrogen and oxygen atoms in total. The van der Waals surface area contributed by atoms with Crippen molar-refractivity contribution in [2.45, 2.75) is 25.2 Å². The van der Waals surface area contributed by atoms with Crippen LogP contribution >= 0.6 is 0 Å². The second-order valence-electron chi connectivity index (χ2n) is 4.33. The summed E-state index contributed by atoms with van der Waals surface area (Å²) < 4.78 is 44.3. The van der Waals surface area contributed by atoms with Crippen molar-refractivity contribution in [3.63, 3.8) is 0 Å². The molecular weight excluding hydrogens is 299 g/mol. The number of halogens is 1. The lowest BCUT2D eigenvalue weighted by atomic mass is 10.3. The minimum Gasteiger partial charge on any atom is -0.465 e. The maximum absolute atomic E-state index is 13.8. The van der Waals surface area contributed by atoms with Gasteiger partial charge in [-0.05, 0) is 31.5 Å². The molecule has 118 valence electrons. The number of carbonyl (C=O) groups is 1. The number of hydrogen-bond acceptors (Lipinski definition) is 5. The number of ether oxygens (including phenoxy) is 1. The Bertz CT molecular complexity index is 604. The summed E-state index contributed by atoms with van der Waals surface area (Å²) in [6.07, 6.45) is 0.481. The van der Waals surface area contributed by atoms with Gasteiger partial charge in [-0.1, -0.05) is 6.92 Å². The molecule has 0 heterocycles. The van der Waals surface area contributed by atoms with E-state index in [1.807, 2.05) is 0 Å². The molecule has 0 spiro atoms. The first-order valence-electron chi connectivity index (χ1n) is 6.53. The van der Waals surface area contributed by atoms with Crippen LogP contribution in [0, 0.1) is 5.82 Å². The molecule has 1 aromatic carbocycles. The summed E-state index contributed by atoms with van der Waals surface area (Å²) >= 11 is 0. The average Bonchev–Trinajstić information content (AvgIpc) is 2.38. The molecule has 0 atom stereocenters. The number of nitrogens with zero attached hydrogens (tertiary/aromatic N) is 1. The highest BCUT2D eigenvalue weighted by Gasteiger charge is 2.29. The van der Waals surface area contributed by atoms with E-state index in [-0.39, 0.29) is 18.8 Å². The van der Waals surface area contributed by atoms with E-state index in [4.69, 9.17) is 10.5 Å². The van der Waals surface area contributed by atoms with Gasteiger partial charge in [0.15, 0.2) is 0 Å². The maximum Gasteiger partial charge on any atom is 0.321 e. The van der Waals surface area contributed by atoms with E-state index in [0.29, 0.717) is 6.42 Å². The third-order valence-corrected chi connectivity index (χ3v) is 4.54. The van der Waals surface area contributed by atoms with Crippen molar-refractivity contribution in [1.29, 1.82) is 0 Å². The van der Waals surface area contributed by atoms with Crippen molar-refractivity contribution in [2.24, 2.45) is 0 Å². The summed E-state index contributed by atoms with van der Waals surface area (Å²) in [5, 5.41) is 0. The van der Waals surface area contributed by atoms with Gasteiger partial charge in [0.2, 0.25) is 10.0 Å². The Labute approximate surface area is 123 Å². The molecule has 0 fully saturated rings. The molecule has 21 heavy (non-hydrogen) atoms. The molecule has 8 heteroatoms. The minimum absolute atomic E-state index is 0.0883. The number of carbonyl (C=O) groups excluding carboxylic acids is 1. The summed E-state index contributed by atoms with van der Waals surface area (Å²) in [5.41, 5.74) is 5.53. The van der Waals surface area contributed by atoms with E-state index < -0.39 is 33.3 Å². The molecule has 0 amide bonds. The molecule has 1 aromatic rings. The Balaban J connectivity index is 3.12. The lowest BCUT2D eigenvalue weighted by molar-refractivity contribution is -0.143. The number of nitrogen functional groups attached to an aromatic ring is 1. The highest BCUT2D eigenvalue weighted by atomic mass is 32.2. The minimum atomic E-state index is -4.12. The standard InChI is InChI=1S/C13H19FN2O4S/c1-3-7-16(9-13(17)20-4-2)21(18,19)12-6-5-10(15)8-11(12)14/h5-6,8H,3-4,7,9,15H2,1-2H3. The SMILES string of the molecule is CCCN(CC(=O)OCC)S(=O)(=O)c1ccc(N)cc1F. The van der Waals surface area contributed by atoms with Gasteiger partial charge < -0.3 is 10.5 Å². The van der Waals surface area contributed by atoms with Crippen LogP contribution in [0.4, 0.5) is 10.1 Å².